The number of halogens is 2. The molecule has 0 unspecified atom stereocenters. The second-order valence-electron chi connectivity index (χ2n) is 2.98. The number of hydrogen-bond acceptors (Lipinski definition) is 3. The Kier molecular flexibility index (Phi) is 3.86. The molecule has 78 valence electrons. The Morgan fingerprint density at radius 2 is 2.14 bits per heavy atom. The summed E-state index contributed by atoms with van der Waals surface area (Å²) in [6.45, 7) is 0.354. The van der Waals surface area contributed by atoms with Gasteiger partial charge in [-0.25, -0.2) is 4.39 Å². The molecule has 1 aromatic rings. The first-order valence-electron chi connectivity index (χ1n) is 4.20. The molecule has 0 heterocycles. The fourth-order valence-electron chi connectivity index (χ4n) is 1.23. The minimum absolute atomic E-state index is 0.116. The van der Waals surface area contributed by atoms with Crippen LogP contribution in [0.3, 0.4) is 0 Å². The van der Waals surface area contributed by atoms with Crippen LogP contribution in [0.5, 0.6) is 5.75 Å². The maximum Gasteiger partial charge on any atom is 0.137 e. The standard InChI is InChI=1S/C9H12BrFN2O/c10-5-1-2-6(11)8(9(5)14)7(13)3-4-12/h1-2,7,14H,3-4,12-13H2/t7-/m0/s1. The summed E-state index contributed by atoms with van der Waals surface area (Å²) < 4.78 is 13.7. The highest BCUT2D eigenvalue weighted by Crippen LogP contribution is 2.33. The molecule has 0 spiro atoms. The van der Waals surface area contributed by atoms with Crippen molar-refractivity contribution < 1.29 is 9.50 Å². The molecule has 0 amide bonds. The largest absolute Gasteiger partial charge is 0.506 e. The fourth-order valence-corrected chi connectivity index (χ4v) is 1.58. The number of rotatable bonds is 3. The molecule has 0 saturated heterocycles. The van der Waals surface area contributed by atoms with E-state index in [0.29, 0.717) is 17.4 Å². The van der Waals surface area contributed by atoms with Gasteiger partial charge < -0.3 is 16.6 Å². The van der Waals surface area contributed by atoms with Gasteiger partial charge in [0.1, 0.15) is 11.6 Å². The molecule has 0 saturated carbocycles. The van der Waals surface area contributed by atoms with Gasteiger partial charge in [-0.15, -0.1) is 0 Å². The third-order valence-corrected chi connectivity index (χ3v) is 2.60. The topological polar surface area (TPSA) is 72.3 Å². The van der Waals surface area contributed by atoms with Crippen LogP contribution in [0.1, 0.15) is 18.0 Å². The molecule has 5 N–H and O–H groups in total. The van der Waals surface area contributed by atoms with Gasteiger partial charge in [0, 0.05) is 11.6 Å². The molecular formula is C9H12BrFN2O. The van der Waals surface area contributed by atoms with E-state index in [2.05, 4.69) is 15.9 Å². The Morgan fingerprint density at radius 3 is 2.71 bits per heavy atom. The lowest BCUT2D eigenvalue weighted by atomic mass is 10.0. The van der Waals surface area contributed by atoms with Crippen LogP contribution in [-0.4, -0.2) is 11.7 Å². The third-order valence-electron chi connectivity index (χ3n) is 1.96. The maximum absolute atomic E-state index is 13.3. The Hall–Kier alpha value is -0.650. The van der Waals surface area contributed by atoms with E-state index in [0.717, 1.165) is 0 Å². The van der Waals surface area contributed by atoms with E-state index >= 15 is 0 Å². The molecule has 0 aromatic heterocycles. The monoisotopic (exact) mass is 262 g/mol. The normalized spacial score (nSPS) is 12.9. The van der Waals surface area contributed by atoms with Gasteiger partial charge >= 0.3 is 0 Å². The molecule has 0 fully saturated rings. The van der Waals surface area contributed by atoms with Gasteiger partial charge in [-0.1, -0.05) is 0 Å². The second-order valence-corrected chi connectivity index (χ2v) is 3.83. The van der Waals surface area contributed by atoms with Crippen LogP contribution >= 0.6 is 15.9 Å². The lowest BCUT2D eigenvalue weighted by Gasteiger charge is -2.14. The number of hydrogen-bond donors (Lipinski definition) is 3. The molecule has 1 atom stereocenters. The minimum atomic E-state index is -0.572. The van der Waals surface area contributed by atoms with Crippen molar-refractivity contribution in [3.8, 4) is 5.75 Å². The summed E-state index contributed by atoms with van der Waals surface area (Å²) in [4.78, 5) is 0. The van der Waals surface area contributed by atoms with Crippen LogP contribution in [0.25, 0.3) is 0 Å². The lowest BCUT2D eigenvalue weighted by Crippen LogP contribution is -2.16. The van der Waals surface area contributed by atoms with E-state index in [9.17, 15) is 9.50 Å². The van der Waals surface area contributed by atoms with Crippen molar-refractivity contribution in [1.82, 2.24) is 0 Å². The van der Waals surface area contributed by atoms with Crippen molar-refractivity contribution in [2.45, 2.75) is 12.5 Å². The number of phenols is 1. The summed E-state index contributed by atoms with van der Waals surface area (Å²) in [6, 6.07) is 2.12. The minimum Gasteiger partial charge on any atom is -0.506 e. The predicted molar refractivity (Wildman–Crippen MR) is 56.4 cm³/mol. The third kappa shape index (κ3) is 2.23. The van der Waals surface area contributed by atoms with Crippen molar-refractivity contribution in [2.24, 2.45) is 11.5 Å². The van der Waals surface area contributed by atoms with Gasteiger partial charge in [0.05, 0.1) is 4.47 Å². The molecular weight excluding hydrogens is 251 g/mol. The Morgan fingerprint density at radius 1 is 1.50 bits per heavy atom. The van der Waals surface area contributed by atoms with E-state index in [-0.39, 0.29) is 11.3 Å². The van der Waals surface area contributed by atoms with Crippen LogP contribution < -0.4 is 11.5 Å². The second kappa shape index (κ2) is 4.72. The van der Waals surface area contributed by atoms with Gasteiger partial charge in [0.25, 0.3) is 0 Å². The summed E-state index contributed by atoms with van der Waals surface area (Å²) >= 11 is 3.10. The van der Waals surface area contributed by atoms with Crippen LogP contribution in [-0.2, 0) is 0 Å². The van der Waals surface area contributed by atoms with Gasteiger partial charge in [-0.05, 0) is 41.0 Å². The first kappa shape index (κ1) is 11.4. The van der Waals surface area contributed by atoms with Crippen LogP contribution in [0.4, 0.5) is 4.39 Å². The molecule has 0 aliphatic heterocycles. The zero-order valence-electron chi connectivity index (χ0n) is 7.50. The van der Waals surface area contributed by atoms with Gasteiger partial charge in [-0.2, -0.15) is 0 Å². The molecule has 1 rings (SSSR count). The summed E-state index contributed by atoms with van der Waals surface area (Å²) in [6.07, 6.45) is 0.431. The van der Waals surface area contributed by atoms with E-state index in [1.54, 1.807) is 0 Å². The molecule has 0 aliphatic rings. The van der Waals surface area contributed by atoms with Crippen molar-refractivity contribution >= 4 is 15.9 Å². The predicted octanol–water partition coefficient (Wildman–Crippen LogP) is 1.64. The van der Waals surface area contributed by atoms with Gasteiger partial charge in [0.15, 0.2) is 0 Å². The summed E-state index contributed by atoms with van der Waals surface area (Å²) in [5.41, 5.74) is 11.1. The van der Waals surface area contributed by atoms with E-state index < -0.39 is 11.9 Å². The van der Waals surface area contributed by atoms with Crippen molar-refractivity contribution in [2.75, 3.05) is 6.54 Å². The van der Waals surface area contributed by atoms with Crippen LogP contribution in [0.2, 0.25) is 0 Å². The quantitative estimate of drug-likeness (QED) is 0.776. The molecule has 0 radical (unpaired) electrons. The molecule has 1 aromatic carbocycles. The maximum atomic E-state index is 13.3. The molecule has 0 bridgehead atoms. The Labute approximate surface area is 90.0 Å². The molecule has 3 nitrogen and oxygen atoms in total. The van der Waals surface area contributed by atoms with Gasteiger partial charge in [0.2, 0.25) is 0 Å². The van der Waals surface area contributed by atoms with E-state index in [4.69, 9.17) is 11.5 Å². The zero-order chi connectivity index (χ0) is 10.7. The average molecular weight is 263 g/mol. The highest BCUT2D eigenvalue weighted by Gasteiger charge is 2.17. The van der Waals surface area contributed by atoms with Gasteiger partial charge in [-0.3, -0.25) is 0 Å². The number of nitrogens with two attached hydrogens (primary N) is 2. The lowest BCUT2D eigenvalue weighted by molar-refractivity contribution is 0.442. The van der Waals surface area contributed by atoms with E-state index in [1.165, 1.54) is 12.1 Å². The van der Waals surface area contributed by atoms with Crippen molar-refractivity contribution in [1.29, 1.82) is 0 Å². The summed E-state index contributed by atoms with van der Waals surface area (Å²) in [5.74, 6) is -0.655. The summed E-state index contributed by atoms with van der Waals surface area (Å²) in [7, 11) is 0. The molecule has 0 aliphatic carbocycles. The number of phenolic OH excluding ortho intramolecular Hbond substituents is 1. The Bertz CT molecular complexity index is 333. The number of benzene rings is 1. The van der Waals surface area contributed by atoms with E-state index in [1.807, 2.05) is 0 Å². The summed E-state index contributed by atoms with van der Waals surface area (Å²) in [5, 5.41) is 9.57. The number of aromatic hydroxyl groups is 1. The SMILES string of the molecule is NCC[C@H](N)c1c(F)ccc(Br)c1O. The van der Waals surface area contributed by atoms with Crippen molar-refractivity contribution in [3.63, 3.8) is 0 Å². The fraction of sp³-hybridized carbons (Fsp3) is 0.333. The highest BCUT2D eigenvalue weighted by molar-refractivity contribution is 9.10. The average Bonchev–Trinajstić information content (AvgIpc) is 2.13. The van der Waals surface area contributed by atoms with Crippen molar-refractivity contribution in [3.05, 3.63) is 28.0 Å². The zero-order valence-corrected chi connectivity index (χ0v) is 9.09. The Balaban J connectivity index is 3.11. The van der Waals surface area contributed by atoms with Crippen LogP contribution in [0.15, 0.2) is 16.6 Å². The first-order chi connectivity index (χ1) is 6.57. The molecule has 5 heteroatoms. The van der Waals surface area contributed by atoms with Crippen LogP contribution in [0, 0.1) is 5.82 Å². The highest BCUT2D eigenvalue weighted by atomic mass is 79.9. The smallest absolute Gasteiger partial charge is 0.137 e. The first-order valence-corrected chi connectivity index (χ1v) is 4.99. The molecule has 14 heavy (non-hydrogen) atoms.